The van der Waals surface area contributed by atoms with Crippen LogP contribution >= 0.6 is 11.3 Å². The molecule has 4 nitrogen and oxygen atoms in total. The minimum absolute atomic E-state index is 0.782. The number of anilines is 1. The van der Waals surface area contributed by atoms with Crippen LogP contribution in [0.15, 0.2) is 30.3 Å². The molecule has 4 rings (SSSR count). The van der Waals surface area contributed by atoms with Crippen molar-refractivity contribution in [3.05, 3.63) is 35.9 Å². The smallest absolute Gasteiger partial charge is 0.246 e. The van der Waals surface area contributed by atoms with Gasteiger partial charge in [-0.1, -0.05) is 29.8 Å². The first-order chi connectivity index (χ1) is 10.8. The number of benzene rings is 1. The third-order valence-corrected chi connectivity index (χ3v) is 5.18. The molecule has 1 aliphatic heterocycles. The van der Waals surface area contributed by atoms with Crippen molar-refractivity contribution < 1.29 is 0 Å². The summed E-state index contributed by atoms with van der Waals surface area (Å²) >= 11 is 1.69. The van der Waals surface area contributed by atoms with Crippen LogP contribution in [0, 0.1) is 6.92 Å². The summed E-state index contributed by atoms with van der Waals surface area (Å²) in [5.41, 5.74) is 3.38. The molecule has 0 radical (unpaired) electrons. The Balaban J connectivity index is 1.69. The summed E-state index contributed by atoms with van der Waals surface area (Å²) in [6.07, 6.45) is 3.75. The van der Waals surface area contributed by atoms with Crippen LogP contribution in [-0.4, -0.2) is 28.3 Å². The van der Waals surface area contributed by atoms with Gasteiger partial charge in [0.1, 0.15) is 10.3 Å². The number of fused-ring (bicyclic) bond motifs is 1. The van der Waals surface area contributed by atoms with Crippen LogP contribution in [0.5, 0.6) is 0 Å². The molecule has 1 saturated heterocycles. The van der Waals surface area contributed by atoms with Gasteiger partial charge in [-0.3, -0.25) is 0 Å². The van der Waals surface area contributed by atoms with Gasteiger partial charge >= 0.3 is 0 Å². The lowest BCUT2D eigenvalue weighted by Crippen LogP contribution is -2.31. The highest BCUT2D eigenvalue weighted by molar-refractivity contribution is 7.21. The molecule has 0 aliphatic carbocycles. The standard InChI is InChI=1S/C17H18N4S/c1-12-5-7-13(8-6-12)15-11-14-16(22-15)18-17(20-19-14)21-9-3-2-4-10-21/h5-8,11H,2-4,9-10H2,1H3. The molecule has 0 spiro atoms. The molecular formula is C17H18N4S. The maximum absolute atomic E-state index is 4.73. The minimum Gasteiger partial charge on any atom is -0.339 e. The molecule has 112 valence electrons. The molecule has 3 heterocycles. The zero-order valence-electron chi connectivity index (χ0n) is 12.6. The first-order valence-corrected chi connectivity index (χ1v) is 8.57. The van der Waals surface area contributed by atoms with Gasteiger partial charge in [-0.05, 0) is 37.8 Å². The molecule has 0 N–H and O–H groups in total. The van der Waals surface area contributed by atoms with Gasteiger partial charge in [0.05, 0.1) is 0 Å². The predicted molar refractivity (Wildman–Crippen MR) is 91.4 cm³/mol. The van der Waals surface area contributed by atoms with E-state index in [0.717, 1.165) is 29.4 Å². The van der Waals surface area contributed by atoms with Gasteiger partial charge in [-0.2, -0.15) is 4.98 Å². The number of thiophene rings is 1. The second-order valence-electron chi connectivity index (χ2n) is 5.83. The summed E-state index contributed by atoms with van der Waals surface area (Å²) in [7, 11) is 0. The fourth-order valence-corrected chi connectivity index (χ4v) is 3.79. The molecule has 0 unspecified atom stereocenters. The number of aryl methyl sites for hydroxylation is 1. The molecule has 0 bridgehead atoms. The van der Waals surface area contributed by atoms with E-state index in [9.17, 15) is 0 Å². The second-order valence-corrected chi connectivity index (χ2v) is 6.86. The van der Waals surface area contributed by atoms with Crippen LogP contribution in [0.1, 0.15) is 24.8 Å². The van der Waals surface area contributed by atoms with E-state index in [1.807, 2.05) is 0 Å². The molecule has 1 fully saturated rings. The Morgan fingerprint density at radius 1 is 1.00 bits per heavy atom. The van der Waals surface area contributed by atoms with Gasteiger partial charge in [-0.25, -0.2) is 0 Å². The maximum Gasteiger partial charge on any atom is 0.246 e. The van der Waals surface area contributed by atoms with Crippen LogP contribution in [0.25, 0.3) is 20.8 Å². The van der Waals surface area contributed by atoms with Crippen molar-refractivity contribution in [2.24, 2.45) is 0 Å². The van der Waals surface area contributed by atoms with Crippen molar-refractivity contribution in [2.75, 3.05) is 18.0 Å². The first-order valence-electron chi connectivity index (χ1n) is 7.76. The summed E-state index contributed by atoms with van der Waals surface area (Å²) in [5.74, 6) is 0.782. The topological polar surface area (TPSA) is 41.9 Å². The summed E-state index contributed by atoms with van der Waals surface area (Å²) in [4.78, 5) is 9.16. The summed E-state index contributed by atoms with van der Waals surface area (Å²) < 4.78 is 0. The van der Waals surface area contributed by atoms with Crippen molar-refractivity contribution in [2.45, 2.75) is 26.2 Å². The fraction of sp³-hybridized carbons (Fsp3) is 0.353. The van der Waals surface area contributed by atoms with Gasteiger partial charge in [0.2, 0.25) is 5.95 Å². The molecule has 0 atom stereocenters. The number of hydrogen-bond acceptors (Lipinski definition) is 5. The van der Waals surface area contributed by atoms with Crippen molar-refractivity contribution in [3.63, 3.8) is 0 Å². The zero-order valence-corrected chi connectivity index (χ0v) is 13.4. The van der Waals surface area contributed by atoms with E-state index in [0.29, 0.717) is 0 Å². The monoisotopic (exact) mass is 310 g/mol. The minimum atomic E-state index is 0.782. The number of rotatable bonds is 2. The lowest BCUT2D eigenvalue weighted by molar-refractivity contribution is 0.566. The fourth-order valence-electron chi connectivity index (χ4n) is 2.82. The average molecular weight is 310 g/mol. The van der Waals surface area contributed by atoms with E-state index in [2.05, 4.69) is 52.4 Å². The van der Waals surface area contributed by atoms with E-state index >= 15 is 0 Å². The molecule has 1 aromatic carbocycles. The van der Waals surface area contributed by atoms with Crippen LogP contribution in [0.2, 0.25) is 0 Å². The van der Waals surface area contributed by atoms with Gasteiger partial charge in [0.15, 0.2) is 0 Å². The number of aromatic nitrogens is 3. The highest BCUT2D eigenvalue weighted by Crippen LogP contribution is 2.32. The van der Waals surface area contributed by atoms with E-state index in [1.165, 1.54) is 35.3 Å². The van der Waals surface area contributed by atoms with Crippen molar-refractivity contribution in [1.82, 2.24) is 15.2 Å². The van der Waals surface area contributed by atoms with E-state index < -0.39 is 0 Å². The molecule has 0 amide bonds. The van der Waals surface area contributed by atoms with Gasteiger partial charge in [-0.15, -0.1) is 21.5 Å². The average Bonchev–Trinajstić information content (AvgIpc) is 2.99. The highest BCUT2D eigenvalue weighted by atomic mass is 32.1. The SMILES string of the molecule is Cc1ccc(-c2cc3nnc(N4CCCCC4)nc3s2)cc1. The van der Waals surface area contributed by atoms with E-state index in [1.54, 1.807) is 11.3 Å². The number of nitrogens with zero attached hydrogens (tertiary/aromatic N) is 4. The molecule has 2 aromatic heterocycles. The molecule has 3 aromatic rings. The van der Waals surface area contributed by atoms with Crippen LogP contribution < -0.4 is 4.90 Å². The van der Waals surface area contributed by atoms with Crippen molar-refractivity contribution in [3.8, 4) is 10.4 Å². The molecular weight excluding hydrogens is 292 g/mol. The highest BCUT2D eigenvalue weighted by Gasteiger charge is 2.15. The quantitative estimate of drug-likeness (QED) is 0.716. The lowest BCUT2D eigenvalue weighted by atomic mass is 10.1. The molecule has 5 heteroatoms. The zero-order chi connectivity index (χ0) is 14.9. The van der Waals surface area contributed by atoms with Crippen LogP contribution in [-0.2, 0) is 0 Å². The third kappa shape index (κ3) is 2.57. The van der Waals surface area contributed by atoms with Crippen LogP contribution in [0.3, 0.4) is 0 Å². The molecule has 22 heavy (non-hydrogen) atoms. The Bertz CT molecular complexity index is 788. The number of hydrogen-bond donors (Lipinski definition) is 0. The van der Waals surface area contributed by atoms with Crippen molar-refractivity contribution >= 4 is 27.6 Å². The Kier molecular flexibility index (Phi) is 3.50. The Hall–Kier alpha value is -2.01. The summed E-state index contributed by atoms with van der Waals surface area (Å²) in [6, 6.07) is 10.7. The second kappa shape index (κ2) is 5.65. The Morgan fingerprint density at radius 2 is 1.77 bits per heavy atom. The van der Waals surface area contributed by atoms with Crippen LogP contribution in [0.4, 0.5) is 5.95 Å². The van der Waals surface area contributed by atoms with E-state index in [4.69, 9.17) is 4.98 Å². The molecule has 1 aliphatic rings. The first kappa shape index (κ1) is 13.6. The summed E-state index contributed by atoms with van der Waals surface area (Å²) in [5, 5.41) is 8.70. The third-order valence-electron chi connectivity index (χ3n) is 4.12. The Morgan fingerprint density at radius 3 is 2.55 bits per heavy atom. The largest absolute Gasteiger partial charge is 0.339 e. The lowest BCUT2D eigenvalue weighted by Gasteiger charge is -2.25. The predicted octanol–water partition coefficient (Wildman–Crippen LogP) is 4.05. The number of piperidine rings is 1. The summed E-state index contributed by atoms with van der Waals surface area (Å²) in [6.45, 7) is 4.19. The van der Waals surface area contributed by atoms with Gasteiger partial charge < -0.3 is 4.90 Å². The van der Waals surface area contributed by atoms with Gasteiger partial charge in [0, 0.05) is 18.0 Å². The normalized spacial score (nSPS) is 15.4. The Labute approximate surface area is 133 Å². The van der Waals surface area contributed by atoms with E-state index in [-0.39, 0.29) is 0 Å². The van der Waals surface area contributed by atoms with Crippen molar-refractivity contribution in [1.29, 1.82) is 0 Å². The van der Waals surface area contributed by atoms with Gasteiger partial charge in [0.25, 0.3) is 0 Å². The molecule has 0 saturated carbocycles. The maximum atomic E-state index is 4.73.